The Bertz CT molecular complexity index is 1170. The molecule has 0 bridgehead atoms. The van der Waals surface area contributed by atoms with Crippen LogP contribution in [0.15, 0.2) is 48.5 Å². The maximum Gasteiger partial charge on any atom is 0.248 e. The summed E-state index contributed by atoms with van der Waals surface area (Å²) in [6.07, 6.45) is 3.67. The molecule has 224 valence electrons. The van der Waals surface area contributed by atoms with Crippen molar-refractivity contribution >= 4 is 25.9 Å². The van der Waals surface area contributed by atoms with Gasteiger partial charge in [0.15, 0.2) is 0 Å². The third kappa shape index (κ3) is 7.56. The lowest BCUT2D eigenvalue weighted by Crippen LogP contribution is -2.48. The Morgan fingerprint density at radius 2 is 1.90 bits per heavy atom. The normalized spacial score (nSPS) is 22.2. The first kappa shape index (κ1) is 31.2. The van der Waals surface area contributed by atoms with Crippen LogP contribution in [-0.4, -0.2) is 63.1 Å². The number of rotatable bonds is 10. The molecular weight excluding hydrogens is 539 g/mol. The zero-order valence-electron chi connectivity index (χ0n) is 24.9. The smallest absolute Gasteiger partial charge is 0.248 e. The molecule has 2 amide bonds. The first-order valence-corrected chi connectivity index (χ1v) is 17.8. The van der Waals surface area contributed by atoms with E-state index in [1.807, 2.05) is 60.4 Å². The van der Waals surface area contributed by atoms with Crippen LogP contribution in [0.2, 0.25) is 18.6 Å². The SMILES string of the molecule is CO[C@@H]1c2cc(N3CCCCCCC3=O)ccc2O[C@H](C(CC(=O)N(CCO)Cc2ccccc2)[Si](C)(C)F)[C@H]1C. The fraction of sp³-hybridized carbons (Fsp3) is 0.562. The number of benzene rings is 2. The molecule has 9 heteroatoms. The molecule has 0 saturated carbocycles. The number of fused-ring (bicyclic) bond motifs is 1. The van der Waals surface area contributed by atoms with Crippen LogP contribution in [0.1, 0.15) is 62.7 Å². The summed E-state index contributed by atoms with van der Waals surface area (Å²) in [6, 6.07) is 15.3. The number of carbonyl (C=O) groups excluding carboxylic acids is 2. The molecule has 4 atom stereocenters. The molecule has 1 saturated heterocycles. The molecule has 2 aliphatic heterocycles. The number of aliphatic hydroxyl groups is 1. The van der Waals surface area contributed by atoms with E-state index in [1.54, 1.807) is 25.1 Å². The summed E-state index contributed by atoms with van der Waals surface area (Å²) in [5.74, 6) is 0.308. The molecule has 0 spiro atoms. The van der Waals surface area contributed by atoms with E-state index in [-0.39, 0.29) is 43.4 Å². The second kappa shape index (κ2) is 13.9. The fourth-order valence-corrected chi connectivity index (χ4v) is 8.06. The van der Waals surface area contributed by atoms with Gasteiger partial charge in [-0.15, -0.1) is 0 Å². The Labute approximate surface area is 244 Å². The highest BCUT2D eigenvalue weighted by molar-refractivity contribution is 6.72. The van der Waals surface area contributed by atoms with Crippen LogP contribution in [-0.2, 0) is 20.9 Å². The van der Waals surface area contributed by atoms with Crippen LogP contribution in [0.4, 0.5) is 9.80 Å². The zero-order valence-corrected chi connectivity index (χ0v) is 25.9. The summed E-state index contributed by atoms with van der Waals surface area (Å²) in [4.78, 5) is 30.0. The van der Waals surface area contributed by atoms with Gasteiger partial charge in [-0.2, -0.15) is 0 Å². The molecule has 4 rings (SSSR count). The number of amides is 2. The molecule has 0 radical (unpaired) electrons. The summed E-state index contributed by atoms with van der Waals surface area (Å²) >= 11 is 0. The molecule has 1 fully saturated rings. The van der Waals surface area contributed by atoms with Crippen LogP contribution in [0.25, 0.3) is 0 Å². The number of hydrogen-bond acceptors (Lipinski definition) is 5. The van der Waals surface area contributed by atoms with Gasteiger partial charge in [0, 0.05) is 62.3 Å². The first-order chi connectivity index (χ1) is 19.6. The average Bonchev–Trinajstić information content (AvgIpc) is 2.93. The van der Waals surface area contributed by atoms with Crippen LogP contribution < -0.4 is 9.64 Å². The molecule has 0 aliphatic carbocycles. The summed E-state index contributed by atoms with van der Waals surface area (Å²) in [5, 5.41) is 9.66. The lowest BCUT2D eigenvalue weighted by atomic mass is 9.86. The number of ether oxygens (including phenoxy) is 2. The van der Waals surface area contributed by atoms with Gasteiger partial charge in [0.25, 0.3) is 0 Å². The Morgan fingerprint density at radius 3 is 2.59 bits per heavy atom. The fourth-order valence-electron chi connectivity index (χ4n) is 6.25. The highest BCUT2D eigenvalue weighted by Gasteiger charge is 2.48. The Balaban J connectivity index is 1.59. The average molecular weight is 585 g/mol. The quantitative estimate of drug-likeness (QED) is 0.273. The van der Waals surface area contributed by atoms with Crippen molar-refractivity contribution in [2.75, 3.05) is 31.7 Å². The summed E-state index contributed by atoms with van der Waals surface area (Å²) in [5.41, 5.74) is 2.01. The number of anilines is 1. The maximum absolute atomic E-state index is 16.0. The number of hydrogen-bond donors (Lipinski definition) is 1. The van der Waals surface area contributed by atoms with Crippen molar-refractivity contribution in [2.45, 2.75) is 82.8 Å². The number of aliphatic hydroxyl groups excluding tert-OH is 1. The Morgan fingerprint density at radius 1 is 1.17 bits per heavy atom. The molecule has 2 aromatic carbocycles. The van der Waals surface area contributed by atoms with E-state index < -0.39 is 20.1 Å². The van der Waals surface area contributed by atoms with Crippen LogP contribution in [0.3, 0.4) is 0 Å². The second-order valence-electron chi connectivity index (χ2n) is 11.9. The predicted octanol–water partition coefficient (Wildman–Crippen LogP) is 6.02. The van der Waals surface area contributed by atoms with Crippen molar-refractivity contribution in [3.05, 3.63) is 59.7 Å². The number of methoxy groups -OCH3 is 1. The molecule has 2 heterocycles. The van der Waals surface area contributed by atoms with E-state index in [0.29, 0.717) is 25.3 Å². The third-order valence-electron chi connectivity index (χ3n) is 8.56. The summed E-state index contributed by atoms with van der Waals surface area (Å²) in [6.45, 7) is 6.29. The van der Waals surface area contributed by atoms with Gasteiger partial charge in [0.2, 0.25) is 20.2 Å². The van der Waals surface area contributed by atoms with Crippen LogP contribution >= 0.6 is 0 Å². The number of carbonyl (C=O) groups is 2. The molecule has 7 nitrogen and oxygen atoms in total. The summed E-state index contributed by atoms with van der Waals surface area (Å²) < 4.78 is 28.5. The van der Waals surface area contributed by atoms with Crippen molar-refractivity contribution in [3.8, 4) is 5.75 Å². The second-order valence-corrected chi connectivity index (χ2v) is 15.8. The monoisotopic (exact) mass is 584 g/mol. The minimum atomic E-state index is -3.40. The van der Waals surface area contributed by atoms with Crippen molar-refractivity contribution in [3.63, 3.8) is 0 Å². The largest absolute Gasteiger partial charge is 0.490 e. The van der Waals surface area contributed by atoms with Crippen molar-refractivity contribution in [1.29, 1.82) is 0 Å². The van der Waals surface area contributed by atoms with Gasteiger partial charge in [0.1, 0.15) is 11.9 Å². The molecule has 1 N–H and O–H groups in total. The van der Waals surface area contributed by atoms with E-state index in [0.717, 1.165) is 42.5 Å². The number of nitrogens with zero attached hydrogens (tertiary/aromatic N) is 2. The lowest BCUT2D eigenvalue weighted by Gasteiger charge is -2.43. The van der Waals surface area contributed by atoms with Gasteiger partial charge >= 0.3 is 0 Å². The van der Waals surface area contributed by atoms with E-state index in [4.69, 9.17) is 9.47 Å². The van der Waals surface area contributed by atoms with Crippen molar-refractivity contribution < 1.29 is 28.3 Å². The predicted molar refractivity (Wildman–Crippen MR) is 161 cm³/mol. The van der Waals surface area contributed by atoms with Gasteiger partial charge < -0.3 is 28.5 Å². The molecule has 1 unspecified atom stereocenters. The number of halogens is 1. The van der Waals surface area contributed by atoms with Crippen LogP contribution in [0, 0.1) is 5.92 Å². The van der Waals surface area contributed by atoms with E-state index >= 15 is 4.11 Å². The Hall–Kier alpha value is -2.75. The van der Waals surface area contributed by atoms with Gasteiger partial charge in [-0.1, -0.05) is 50.1 Å². The Kier molecular flexibility index (Phi) is 10.6. The van der Waals surface area contributed by atoms with E-state index in [2.05, 4.69) is 0 Å². The van der Waals surface area contributed by atoms with Crippen LogP contribution in [0.5, 0.6) is 5.75 Å². The molecule has 2 aromatic rings. The van der Waals surface area contributed by atoms with Crippen molar-refractivity contribution in [1.82, 2.24) is 4.90 Å². The van der Waals surface area contributed by atoms with Gasteiger partial charge in [-0.3, -0.25) is 9.59 Å². The third-order valence-corrected chi connectivity index (χ3v) is 10.9. The topological polar surface area (TPSA) is 79.3 Å². The highest BCUT2D eigenvalue weighted by atomic mass is 28.4. The minimum Gasteiger partial charge on any atom is -0.490 e. The van der Waals surface area contributed by atoms with Gasteiger partial charge in [-0.05, 0) is 49.7 Å². The summed E-state index contributed by atoms with van der Waals surface area (Å²) in [7, 11) is -1.76. The molecule has 0 aromatic heterocycles. The molecule has 41 heavy (non-hydrogen) atoms. The lowest BCUT2D eigenvalue weighted by molar-refractivity contribution is -0.133. The van der Waals surface area contributed by atoms with E-state index in [1.165, 1.54) is 0 Å². The zero-order chi connectivity index (χ0) is 29.6. The van der Waals surface area contributed by atoms with E-state index in [9.17, 15) is 14.7 Å². The minimum absolute atomic E-state index is 0.0102. The van der Waals surface area contributed by atoms with Crippen molar-refractivity contribution in [2.24, 2.45) is 5.92 Å². The van der Waals surface area contributed by atoms with Gasteiger partial charge in [0.05, 0.1) is 12.7 Å². The standard InChI is InChI=1S/C32H45FN2O5Si/c1-23-31(39-2)26-20-25(35-17-11-6-5-10-14-29(35)37)15-16-27(26)40-32(23)28(41(3,4)33)21-30(38)34(18-19-36)22-24-12-8-7-9-13-24/h7-9,12-13,15-16,20,23,28,31-32,36H,5-6,10-11,14,17-19,21-22H2,1-4H3/t23-,28?,31-,32-/m0/s1. The maximum atomic E-state index is 16.0. The van der Waals surface area contributed by atoms with Gasteiger partial charge in [-0.25, -0.2) is 0 Å². The highest BCUT2D eigenvalue weighted by Crippen LogP contribution is 2.48. The molecule has 2 aliphatic rings. The first-order valence-electron chi connectivity index (χ1n) is 14.9. The molecular formula is C32H45FN2O5Si.